The van der Waals surface area contributed by atoms with E-state index >= 15 is 0 Å². The molecule has 3 aliphatic rings. The van der Waals surface area contributed by atoms with Gasteiger partial charge in [-0.25, -0.2) is 9.97 Å². The molecule has 0 aliphatic carbocycles. The number of rotatable bonds is 5. The van der Waals surface area contributed by atoms with Crippen molar-refractivity contribution in [2.24, 2.45) is 5.92 Å². The van der Waals surface area contributed by atoms with Gasteiger partial charge >= 0.3 is 0 Å². The van der Waals surface area contributed by atoms with Crippen LogP contribution in [0.25, 0.3) is 11.4 Å². The number of benzene rings is 1. The number of nitrogens with zero attached hydrogens (tertiary/aromatic N) is 4. The highest BCUT2D eigenvalue weighted by atomic mass is 16.5. The quantitative estimate of drug-likeness (QED) is 0.798. The van der Waals surface area contributed by atoms with Crippen LogP contribution in [-0.4, -0.2) is 71.6 Å². The number of piperidine rings is 1. The van der Waals surface area contributed by atoms with Crippen LogP contribution in [0.1, 0.15) is 28.9 Å². The highest BCUT2D eigenvalue weighted by molar-refractivity contribution is 5.95. The first-order chi connectivity index (χ1) is 13.7. The maximum atomic E-state index is 13.3. The van der Waals surface area contributed by atoms with Crippen molar-refractivity contribution in [1.29, 1.82) is 0 Å². The topological polar surface area (TPSA) is 58.6 Å². The molecule has 1 aromatic heterocycles. The Hall–Kier alpha value is -2.31. The average Bonchev–Trinajstić information content (AvgIpc) is 3.04. The molecule has 6 nitrogen and oxygen atoms in total. The molecule has 1 amide bonds. The summed E-state index contributed by atoms with van der Waals surface area (Å²) < 4.78 is 5.26. The summed E-state index contributed by atoms with van der Waals surface area (Å²) >= 11 is 0. The Labute approximate surface area is 166 Å². The van der Waals surface area contributed by atoms with Crippen LogP contribution in [0, 0.1) is 12.8 Å². The molecule has 5 rings (SSSR count). The molecular weight excluding hydrogens is 352 g/mol. The van der Waals surface area contributed by atoms with Crippen LogP contribution in [0.5, 0.6) is 0 Å². The first kappa shape index (κ1) is 19.0. The number of methoxy groups -OCH3 is 1. The second-order valence-corrected chi connectivity index (χ2v) is 7.85. The summed E-state index contributed by atoms with van der Waals surface area (Å²) in [6.45, 7) is 6.23. The molecule has 2 atom stereocenters. The lowest BCUT2D eigenvalue weighted by Crippen LogP contribution is -2.45. The van der Waals surface area contributed by atoms with Gasteiger partial charge in [0.25, 0.3) is 5.91 Å². The molecule has 148 valence electrons. The van der Waals surface area contributed by atoms with Crippen LogP contribution in [0.4, 0.5) is 0 Å². The molecule has 1 aromatic carbocycles. The zero-order chi connectivity index (χ0) is 19.5. The van der Waals surface area contributed by atoms with Gasteiger partial charge in [0.2, 0.25) is 0 Å². The first-order valence-corrected chi connectivity index (χ1v) is 10.1. The van der Waals surface area contributed by atoms with Gasteiger partial charge in [0.15, 0.2) is 5.82 Å². The summed E-state index contributed by atoms with van der Waals surface area (Å²) in [5.41, 5.74) is 2.32. The van der Waals surface area contributed by atoms with Gasteiger partial charge < -0.3 is 9.64 Å². The van der Waals surface area contributed by atoms with Crippen LogP contribution in [-0.2, 0) is 4.74 Å². The van der Waals surface area contributed by atoms with Crippen molar-refractivity contribution in [3.05, 3.63) is 47.8 Å². The molecule has 0 N–H and O–H groups in total. The van der Waals surface area contributed by atoms with Gasteiger partial charge in [-0.1, -0.05) is 30.3 Å². The first-order valence-electron chi connectivity index (χ1n) is 10.1. The van der Waals surface area contributed by atoms with Gasteiger partial charge in [0.1, 0.15) is 0 Å². The fourth-order valence-electron chi connectivity index (χ4n) is 4.40. The fourth-order valence-corrected chi connectivity index (χ4v) is 4.40. The summed E-state index contributed by atoms with van der Waals surface area (Å²) in [5.74, 6) is 1.25. The van der Waals surface area contributed by atoms with E-state index in [1.165, 1.54) is 6.42 Å². The zero-order valence-corrected chi connectivity index (χ0v) is 16.7. The largest absolute Gasteiger partial charge is 0.383 e. The Bertz CT molecular complexity index is 827. The lowest BCUT2D eigenvalue weighted by Gasteiger charge is -2.35. The standard InChI is InChI=1S/C22H28N4O2/c1-16-20(12-23-21(24-16)18-6-4-3-5-7-18)22(27)26-14-17-8-9-19(15-26)25(13-17)10-11-28-2/h3-7,12,17,19H,8-11,13-15H2,1-2H3/t17-,19-/m1/s1. The lowest BCUT2D eigenvalue weighted by atomic mass is 9.95. The molecule has 0 unspecified atom stereocenters. The van der Waals surface area contributed by atoms with E-state index in [0.717, 1.165) is 50.5 Å². The number of ether oxygens (including phenoxy) is 1. The minimum atomic E-state index is 0.0580. The van der Waals surface area contributed by atoms with Crippen LogP contribution < -0.4 is 0 Å². The third-order valence-electron chi connectivity index (χ3n) is 5.94. The number of carbonyl (C=O) groups is 1. The summed E-state index contributed by atoms with van der Waals surface area (Å²) in [7, 11) is 1.74. The molecule has 2 bridgehead atoms. The molecular formula is C22H28N4O2. The summed E-state index contributed by atoms with van der Waals surface area (Å²) in [6, 6.07) is 10.3. The van der Waals surface area contributed by atoms with E-state index in [0.29, 0.717) is 23.3 Å². The summed E-state index contributed by atoms with van der Waals surface area (Å²) in [5, 5.41) is 0. The van der Waals surface area contributed by atoms with E-state index in [9.17, 15) is 4.79 Å². The van der Waals surface area contributed by atoms with E-state index in [-0.39, 0.29) is 5.91 Å². The lowest BCUT2D eigenvalue weighted by molar-refractivity contribution is 0.0716. The van der Waals surface area contributed by atoms with Crippen LogP contribution in [0.3, 0.4) is 0 Å². The number of fused-ring (bicyclic) bond motifs is 4. The maximum absolute atomic E-state index is 13.3. The smallest absolute Gasteiger partial charge is 0.257 e. The van der Waals surface area contributed by atoms with E-state index in [4.69, 9.17) is 4.74 Å². The van der Waals surface area contributed by atoms with E-state index < -0.39 is 0 Å². The molecule has 0 saturated carbocycles. The van der Waals surface area contributed by atoms with Crippen molar-refractivity contribution in [3.8, 4) is 11.4 Å². The van der Waals surface area contributed by atoms with Gasteiger partial charge in [0.05, 0.1) is 17.9 Å². The number of carbonyl (C=O) groups excluding carboxylic acids is 1. The summed E-state index contributed by atoms with van der Waals surface area (Å²) in [4.78, 5) is 26.9. The predicted molar refractivity (Wildman–Crippen MR) is 108 cm³/mol. The third-order valence-corrected chi connectivity index (χ3v) is 5.94. The molecule has 6 heteroatoms. The monoisotopic (exact) mass is 380 g/mol. The number of hydrogen-bond acceptors (Lipinski definition) is 5. The SMILES string of the molecule is COCCN1C[C@H]2CC[C@@H]1CN(C(=O)c1cnc(-c3ccccc3)nc1C)C2. The molecule has 2 aromatic rings. The minimum Gasteiger partial charge on any atom is -0.383 e. The number of amides is 1. The van der Waals surface area contributed by atoms with E-state index in [2.05, 4.69) is 14.9 Å². The molecule has 3 saturated heterocycles. The van der Waals surface area contributed by atoms with Crippen LogP contribution in [0.15, 0.2) is 36.5 Å². The second kappa shape index (κ2) is 8.37. The summed E-state index contributed by atoms with van der Waals surface area (Å²) in [6.07, 6.45) is 4.05. The van der Waals surface area contributed by atoms with Crippen LogP contribution >= 0.6 is 0 Å². The highest BCUT2D eigenvalue weighted by Gasteiger charge is 2.36. The van der Waals surface area contributed by atoms with Gasteiger partial charge in [0, 0.05) is 51.1 Å². The fraction of sp³-hybridized carbons (Fsp3) is 0.500. The van der Waals surface area contributed by atoms with Crippen molar-refractivity contribution in [2.45, 2.75) is 25.8 Å². The third kappa shape index (κ3) is 3.93. The van der Waals surface area contributed by atoms with Crippen molar-refractivity contribution in [3.63, 3.8) is 0 Å². The minimum absolute atomic E-state index is 0.0580. The number of aromatic nitrogens is 2. The molecule has 3 fully saturated rings. The molecule has 4 heterocycles. The Morgan fingerprint density at radius 1 is 1.18 bits per heavy atom. The predicted octanol–water partition coefficient (Wildman–Crippen LogP) is 2.63. The zero-order valence-electron chi connectivity index (χ0n) is 16.7. The molecule has 3 aliphatic heterocycles. The Balaban J connectivity index is 1.52. The van der Waals surface area contributed by atoms with E-state index in [1.807, 2.05) is 42.2 Å². The van der Waals surface area contributed by atoms with Gasteiger partial charge in [-0.05, 0) is 25.7 Å². The van der Waals surface area contributed by atoms with Gasteiger partial charge in [-0.3, -0.25) is 9.69 Å². The van der Waals surface area contributed by atoms with Crippen molar-refractivity contribution in [1.82, 2.24) is 19.8 Å². The highest BCUT2D eigenvalue weighted by Crippen LogP contribution is 2.29. The van der Waals surface area contributed by atoms with Crippen LogP contribution in [0.2, 0.25) is 0 Å². The molecule has 28 heavy (non-hydrogen) atoms. The Kier molecular flexibility index (Phi) is 5.69. The molecule has 0 spiro atoms. The van der Waals surface area contributed by atoms with Gasteiger partial charge in [-0.15, -0.1) is 0 Å². The Morgan fingerprint density at radius 2 is 2.00 bits per heavy atom. The Morgan fingerprint density at radius 3 is 2.75 bits per heavy atom. The van der Waals surface area contributed by atoms with Crippen molar-refractivity contribution in [2.75, 3.05) is 39.9 Å². The number of hydrogen-bond donors (Lipinski definition) is 0. The molecule has 0 radical (unpaired) electrons. The maximum Gasteiger partial charge on any atom is 0.257 e. The van der Waals surface area contributed by atoms with Gasteiger partial charge in [-0.2, -0.15) is 0 Å². The average molecular weight is 380 g/mol. The second-order valence-electron chi connectivity index (χ2n) is 7.85. The van der Waals surface area contributed by atoms with Crippen molar-refractivity contribution < 1.29 is 9.53 Å². The normalized spacial score (nSPS) is 22.3. The van der Waals surface area contributed by atoms with Crippen molar-refractivity contribution >= 4 is 5.91 Å². The van der Waals surface area contributed by atoms with E-state index in [1.54, 1.807) is 13.3 Å². The number of aryl methyl sites for hydroxylation is 1.